The highest BCUT2D eigenvalue weighted by atomic mass is 35.5. The average Bonchev–Trinajstić information content (AvgIpc) is 2.73. The summed E-state index contributed by atoms with van der Waals surface area (Å²) in [5.74, 6) is -11.3. The summed E-state index contributed by atoms with van der Waals surface area (Å²) in [5, 5.41) is -4.55. The van der Waals surface area contributed by atoms with E-state index >= 15 is 0 Å². The molecule has 0 spiro atoms. The predicted octanol–water partition coefficient (Wildman–Crippen LogP) is 9.93. The maximum atomic E-state index is 14.6. The molecule has 0 heterocycles. The molecule has 0 saturated carbocycles. The number of rotatable bonds is 6. The number of hydrogen-bond acceptors (Lipinski definition) is 1. The summed E-state index contributed by atoms with van der Waals surface area (Å²) in [6, 6.07) is 8.19. The molecule has 0 saturated heterocycles. The lowest BCUT2D eigenvalue weighted by atomic mass is 10.1. The van der Waals surface area contributed by atoms with E-state index in [1.165, 1.54) is 0 Å². The predicted molar refractivity (Wildman–Crippen MR) is 107 cm³/mol. The van der Waals surface area contributed by atoms with Crippen LogP contribution in [-0.4, -0.2) is 12.4 Å². The number of benzene rings is 2. The second-order valence-corrected chi connectivity index (χ2v) is 8.41. The van der Waals surface area contributed by atoms with Gasteiger partial charge in [-0.2, -0.15) is 35.1 Å². The topological polar surface area (TPSA) is 0 Å². The first-order chi connectivity index (χ1) is 15.1. The van der Waals surface area contributed by atoms with Gasteiger partial charge in [0, 0.05) is 10.0 Å². The molecule has 2 aromatic rings. The minimum absolute atomic E-state index is 0.0478. The highest BCUT2D eigenvalue weighted by molar-refractivity contribution is 8.00. The smallest absolute Gasteiger partial charge is 0.207 e. The van der Waals surface area contributed by atoms with Gasteiger partial charge in [-0.1, -0.05) is 47.5 Å². The minimum Gasteiger partial charge on any atom is -0.207 e. The number of thioether (sulfide) groups is 1. The second kappa shape index (κ2) is 10.6. The molecule has 0 aliphatic heterocycles. The summed E-state index contributed by atoms with van der Waals surface area (Å²) in [6.45, 7) is 0. The first kappa shape index (κ1) is 27.4. The lowest BCUT2D eigenvalue weighted by Crippen LogP contribution is -2.14. The van der Waals surface area contributed by atoms with Crippen molar-refractivity contribution in [2.45, 2.75) is 22.9 Å². The van der Waals surface area contributed by atoms with Gasteiger partial charge in [-0.25, -0.2) is 8.78 Å². The average molecular weight is 543 g/mol. The first-order valence-electron chi connectivity index (χ1n) is 8.54. The molecule has 180 valence electrons. The van der Waals surface area contributed by atoms with Crippen LogP contribution in [-0.2, 0) is 0 Å². The largest absolute Gasteiger partial charge is 0.445 e. The summed E-state index contributed by atoms with van der Waals surface area (Å²) < 4.78 is 133. The van der Waals surface area contributed by atoms with E-state index in [1.54, 1.807) is 0 Å². The molecule has 2 rings (SSSR count). The van der Waals surface area contributed by atoms with E-state index in [4.69, 9.17) is 23.2 Å². The Morgan fingerprint density at radius 2 is 0.848 bits per heavy atom. The molecule has 2 unspecified atom stereocenters. The van der Waals surface area contributed by atoms with Crippen LogP contribution in [0.5, 0.6) is 0 Å². The fourth-order valence-corrected chi connectivity index (χ4v) is 4.08. The monoisotopic (exact) mass is 542 g/mol. The number of alkyl halides is 6. The van der Waals surface area contributed by atoms with Crippen molar-refractivity contribution in [3.8, 4) is 0 Å². The maximum Gasteiger partial charge on any atom is 0.445 e. The van der Waals surface area contributed by atoms with Crippen molar-refractivity contribution in [2.75, 3.05) is 0 Å². The molecule has 0 aliphatic rings. The van der Waals surface area contributed by atoms with Gasteiger partial charge in [0.1, 0.15) is 0 Å². The highest BCUT2D eigenvalue weighted by Gasteiger charge is 2.44. The minimum atomic E-state index is -5.78. The highest BCUT2D eigenvalue weighted by Crippen LogP contribution is 2.52. The van der Waals surface area contributed by atoms with E-state index in [9.17, 15) is 43.9 Å². The molecule has 33 heavy (non-hydrogen) atoms. The molecule has 0 N–H and O–H groups in total. The van der Waals surface area contributed by atoms with Crippen molar-refractivity contribution < 1.29 is 43.9 Å². The lowest BCUT2D eigenvalue weighted by Gasteiger charge is -2.24. The van der Waals surface area contributed by atoms with Gasteiger partial charge in [0.25, 0.3) is 0 Å². The van der Waals surface area contributed by atoms with Crippen molar-refractivity contribution in [3.63, 3.8) is 0 Å². The summed E-state index contributed by atoms with van der Waals surface area (Å²) >= 11 is 11.1. The molecule has 0 radical (unpaired) electrons. The van der Waals surface area contributed by atoms with Crippen LogP contribution in [0.1, 0.15) is 21.6 Å². The van der Waals surface area contributed by atoms with Crippen LogP contribution in [0.15, 0.2) is 71.8 Å². The lowest BCUT2D eigenvalue weighted by molar-refractivity contribution is -0.112. The Hall–Kier alpha value is -1.85. The molecule has 0 fully saturated rings. The van der Waals surface area contributed by atoms with Crippen molar-refractivity contribution in [3.05, 3.63) is 93.0 Å². The SMILES string of the molecule is FC(=C(F)C(F)(F)F)C(SC(C(F)=C(F)C(F)(F)F)c1ccc(Cl)cc1)c1ccc(Cl)cc1. The maximum absolute atomic E-state index is 14.6. The molecule has 0 amide bonds. The van der Waals surface area contributed by atoms with Crippen LogP contribution in [0, 0.1) is 0 Å². The Morgan fingerprint density at radius 3 is 1.09 bits per heavy atom. The Bertz CT molecular complexity index is 941. The molecule has 13 heteroatoms. The first-order valence-corrected chi connectivity index (χ1v) is 10.2. The number of allylic oxidation sites excluding steroid dienone is 2. The standard InChI is InChI=1S/C20H10Cl2F10S/c21-11-5-1-9(2-6-11)15(13(23)17(25)19(27,28)29)33-16(10-3-7-12(22)8-4-10)14(24)18(26)20(30,31)32/h1-8,15-16H. The molecule has 2 atom stereocenters. The quantitative estimate of drug-likeness (QED) is 0.327. The van der Waals surface area contributed by atoms with Gasteiger partial charge in [-0.15, -0.1) is 11.8 Å². The van der Waals surface area contributed by atoms with E-state index in [1.807, 2.05) is 0 Å². The fourth-order valence-electron chi connectivity index (χ4n) is 2.48. The van der Waals surface area contributed by atoms with Gasteiger partial charge < -0.3 is 0 Å². The van der Waals surface area contributed by atoms with Gasteiger partial charge in [0.05, 0.1) is 10.5 Å². The summed E-state index contributed by atoms with van der Waals surface area (Å²) in [4.78, 5) is 0. The summed E-state index contributed by atoms with van der Waals surface area (Å²) in [6.07, 6.45) is -11.6. The second-order valence-electron chi connectivity index (χ2n) is 6.32. The van der Waals surface area contributed by atoms with Gasteiger partial charge in [0.15, 0.2) is 11.7 Å². The Labute approximate surface area is 194 Å². The van der Waals surface area contributed by atoms with Gasteiger partial charge in [-0.3, -0.25) is 0 Å². The van der Waals surface area contributed by atoms with Gasteiger partial charge in [0.2, 0.25) is 11.7 Å². The molecule has 2 aromatic carbocycles. The zero-order valence-electron chi connectivity index (χ0n) is 15.7. The Kier molecular flexibility index (Phi) is 8.80. The van der Waals surface area contributed by atoms with E-state index in [2.05, 4.69) is 0 Å². The van der Waals surface area contributed by atoms with E-state index < -0.39 is 57.3 Å². The van der Waals surface area contributed by atoms with Gasteiger partial charge >= 0.3 is 12.4 Å². The molecule has 0 aliphatic carbocycles. The van der Waals surface area contributed by atoms with Crippen molar-refractivity contribution in [1.82, 2.24) is 0 Å². The zero-order chi connectivity index (χ0) is 25.1. The molecular weight excluding hydrogens is 533 g/mol. The fraction of sp³-hybridized carbons (Fsp3) is 0.200. The number of halogens is 12. The van der Waals surface area contributed by atoms with E-state index in [0.29, 0.717) is 0 Å². The van der Waals surface area contributed by atoms with E-state index in [0.717, 1.165) is 48.5 Å². The van der Waals surface area contributed by atoms with Crippen LogP contribution in [0.4, 0.5) is 43.9 Å². The van der Waals surface area contributed by atoms with Crippen LogP contribution >= 0.6 is 35.0 Å². The third-order valence-electron chi connectivity index (χ3n) is 4.00. The van der Waals surface area contributed by atoms with Crippen molar-refractivity contribution in [2.24, 2.45) is 0 Å². The number of hydrogen-bond donors (Lipinski definition) is 0. The zero-order valence-corrected chi connectivity index (χ0v) is 18.0. The third kappa shape index (κ3) is 7.07. The van der Waals surface area contributed by atoms with E-state index in [-0.39, 0.29) is 21.8 Å². The summed E-state index contributed by atoms with van der Waals surface area (Å²) in [5.41, 5.74) is -0.805. The normalized spacial score (nSPS) is 16.1. The van der Waals surface area contributed by atoms with Crippen LogP contribution in [0.2, 0.25) is 10.0 Å². The molecule has 0 bridgehead atoms. The van der Waals surface area contributed by atoms with Crippen LogP contribution < -0.4 is 0 Å². The van der Waals surface area contributed by atoms with Gasteiger partial charge in [-0.05, 0) is 35.4 Å². The summed E-state index contributed by atoms with van der Waals surface area (Å²) in [7, 11) is 0. The van der Waals surface area contributed by atoms with Crippen molar-refractivity contribution >= 4 is 35.0 Å². The third-order valence-corrected chi connectivity index (χ3v) is 6.00. The van der Waals surface area contributed by atoms with Crippen LogP contribution in [0.3, 0.4) is 0 Å². The molecule has 0 aromatic heterocycles. The van der Waals surface area contributed by atoms with Crippen LogP contribution in [0.25, 0.3) is 0 Å². The Balaban J connectivity index is 2.71. The van der Waals surface area contributed by atoms with Crippen molar-refractivity contribution in [1.29, 1.82) is 0 Å². The molecule has 0 nitrogen and oxygen atoms in total. The molecular formula is C20H10Cl2F10S. The Morgan fingerprint density at radius 1 is 0.576 bits per heavy atom.